The van der Waals surface area contributed by atoms with E-state index in [0.717, 1.165) is 12.0 Å². The third-order valence-corrected chi connectivity index (χ3v) is 1.90. The molecule has 0 aliphatic rings. The number of aryl methyl sites for hydroxylation is 1. The Morgan fingerprint density at radius 2 is 2.07 bits per heavy atom. The number of nitrogens with zero attached hydrogens (tertiary/aromatic N) is 1. The Hall–Kier alpha value is -1.71. The molecule has 4 nitrogen and oxygen atoms in total. The van der Waals surface area contributed by atoms with Crippen molar-refractivity contribution in [2.45, 2.75) is 20.3 Å². The van der Waals surface area contributed by atoms with Gasteiger partial charge in [0.2, 0.25) is 0 Å². The monoisotopic (exact) mass is 195 g/mol. The van der Waals surface area contributed by atoms with E-state index in [1.54, 1.807) is 6.07 Å². The molecule has 0 aliphatic carbocycles. The second-order valence-electron chi connectivity index (χ2n) is 2.61. The van der Waals surface area contributed by atoms with Crippen LogP contribution >= 0.6 is 0 Å². The molecule has 0 bridgehead atoms. The Balaban J connectivity index is 0.000000500. The molecule has 14 heavy (non-hydrogen) atoms. The van der Waals surface area contributed by atoms with Crippen LogP contribution in [0.1, 0.15) is 18.1 Å². The number of carbonyl (C=O) groups is 1. The highest BCUT2D eigenvalue weighted by atomic mass is 16.3. The molecule has 0 saturated heterocycles. The molecular formula is C10H13NO3. The van der Waals surface area contributed by atoms with Crippen LogP contribution in [0.15, 0.2) is 23.4 Å². The highest BCUT2D eigenvalue weighted by Crippen LogP contribution is 2.21. The fourth-order valence-corrected chi connectivity index (χ4v) is 1.15. The van der Waals surface area contributed by atoms with Crippen molar-refractivity contribution in [3.05, 3.63) is 34.2 Å². The zero-order valence-electron chi connectivity index (χ0n) is 8.23. The molecule has 76 valence electrons. The molecule has 0 amide bonds. The first-order valence-corrected chi connectivity index (χ1v) is 4.20. The van der Waals surface area contributed by atoms with Gasteiger partial charge >= 0.3 is 0 Å². The third-order valence-electron chi connectivity index (χ3n) is 1.90. The minimum atomic E-state index is -0.250. The van der Waals surface area contributed by atoms with Gasteiger partial charge in [-0.2, -0.15) is 0 Å². The van der Waals surface area contributed by atoms with Crippen molar-refractivity contribution in [3.63, 3.8) is 0 Å². The smallest absolute Gasteiger partial charge is 0.290 e. The third kappa shape index (κ3) is 3.35. The maximum Gasteiger partial charge on any atom is 0.290 e. The van der Waals surface area contributed by atoms with Crippen LogP contribution in [0, 0.1) is 11.8 Å². The molecule has 1 rings (SSSR count). The second-order valence-corrected chi connectivity index (χ2v) is 2.61. The summed E-state index contributed by atoms with van der Waals surface area (Å²) in [6.07, 6.45) is 0.954. The minimum Gasteiger partial charge on any atom is -0.483 e. The Kier molecular flexibility index (Phi) is 5.94. The van der Waals surface area contributed by atoms with Crippen LogP contribution in [0.2, 0.25) is 0 Å². The summed E-state index contributed by atoms with van der Waals surface area (Å²) in [5.74, 6) is 0. The Morgan fingerprint density at radius 1 is 1.50 bits per heavy atom. The number of carboxylic acid groups (broad SMARTS) is 1. The number of nitroso groups, excluding NO2 is 1. The first kappa shape index (κ1) is 12.3. The maximum atomic E-state index is 10.2. The lowest BCUT2D eigenvalue weighted by atomic mass is 10.1. The van der Waals surface area contributed by atoms with Crippen molar-refractivity contribution < 1.29 is 9.90 Å². The Labute approximate surface area is 82.5 Å². The van der Waals surface area contributed by atoms with E-state index in [1.807, 2.05) is 19.1 Å². The molecule has 0 aliphatic heterocycles. The van der Waals surface area contributed by atoms with E-state index in [1.165, 1.54) is 5.56 Å². The van der Waals surface area contributed by atoms with Gasteiger partial charge in [-0.25, -0.2) is 0 Å². The summed E-state index contributed by atoms with van der Waals surface area (Å²) in [5, 5.41) is 9.82. The summed E-state index contributed by atoms with van der Waals surface area (Å²) in [7, 11) is 0. The average Bonchev–Trinajstić information content (AvgIpc) is 2.19. The van der Waals surface area contributed by atoms with Crippen molar-refractivity contribution in [3.8, 4) is 0 Å². The predicted molar refractivity (Wildman–Crippen MR) is 54.7 cm³/mol. The molecule has 1 N–H and O–H groups in total. The Morgan fingerprint density at radius 3 is 2.50 bits per heavy atom. The maximum absolute atomic E-state index is 10.2. The van der Waals surface area contributed by atoms with E-state index in [0.29, 0.717) is 5.69 Å². The van der Waals surface area contributed by atoms with Crippen LogP contribution in [-0.2, 0) is 11.2 Å². The van der Waals surface area contributed by atoms with E-state index in [9.17, 15) is 4.91 Å². The molecule has 4 heteroatoms. The summed E-state index contributed by atoms with van der Waals surface area (Å²) >= 11 is 0. The summed E-state index contributed by atoms with van der Waals surface area (Å²) in [4.78, 5) is 18.6. The summed E-state index contributed by atoms with van der Waals surface area (Å²) < 4.78 is 0. The SMILES string of the molecule is CCc1cccc(N=O)c1C.O=CO. The lowest BCUT2D eigenvalue weighted by molar-refractivity contribution is -0.122. The van der Waals surface area contributed by atoms with Crippen LogP contribution < -0.4 is 0 Å². The highest BCUT2D eigenvalue weighted by Gasteiger charge is 2.00. The van der Waals surface area contributed by atoms with Crippen molar-refractivity contribution in [2.24, 2.45) is 5.18 Å². The molecule has 0 aromatic heterocycles. The number of rotatable bonds is 2. The fraction of sp³-hybridized carbons (Fsp3) is 0.300. The van der Waals surface area contributed by atoms with Crippen LogP contribution in [0.25, 0.3) is 0 Å². The molecule has 1 aromatic carbocycles. The molecular weight excluding hydrogens is 182 g/mol. The van der Waals surface area contributed by atoms with E-state index in [2.05, 4.69) is 12.1 Å². The van der Waals surface area contributed by atoms with Gasteiger partial charge in [0.15, 0.2) is 0 Å². The lowest BCUT2D eigenvalue weighted by Crippen LogP contribution is -1.84. The van der Waals surface area contributed by atoms with Gasteiger partial charge < -0.3 is 5.11 Å². The molecule has 0 radical (unpaired) electrons. The molecule has 0 unspecified atom stereocenters. The second kappa shape index (κ2) is 6.77. The van der Waals surface area contributed by atoms with Crippen LogP contribution in [-0.4, -0.2) is 11.6 Å². The van der Waals surface area contributed by atoms with Crippen molar-refractivity contribution in [2.75, 3.05) is 0 Å². The molecule has 1 aromatic rings. The highest BCUT2D eigenvalue weighted by molar-refractivity contribution is 5.49. The minimum absolute atomic E-state index is 0.250. The van der Waals surface area contributed by atoms with Gasteiger partial charge in [-0.05, 0) is 35.7 Å². The zero-order valence-corrected chi connectivity index (χ0v) is 8.23. The first-order valence-electron chi connectivity index (χ1n) is 4.20. The summed E-state index contributed by atoms with van der Waals surface area (Å²) in [5.41, 5.74) is 2.76. The van der Waals surface area contributed by atoms with Crippen LogP contribution in [0.5, 0.6) is 0 Å². The lowest BCUT2D eigenvalue weighted by Gasteiger charge is -2.02. The molecule has 0 heterocycles. The van der Waals surface area contributed by atoms with Gasteiger partial charge in [-0.3, -0.25) is 4.79 Å². The summed E-state index contributed by atoms with van der Waals surface area (Å²) in [6, 6.07) is 5.62. The van der Waals surface area contributed by atoms with Crippen molar-refractivity contribution in [1.29, 1.82) is 0 Å². The quantitative estimate of drug-likeness (QED) is 0.582. The van der Waals surface area contributed by atoms with Gasteiger partial charge in [0, 0.05) is 0 Å². The molecule has 0 fully saturated rings. The average molecular weight is 195 g/mol. The van der Waals surface area contributed by atoms with Gasteiger partial charge in [0.1, 0.15) is 5.69 Å². The number of hydrogen-bond donors (Lipinski definition) is 1. The van der Waals surface area contributed by atoms with E-state index >= 15 is 0 Å². The molecule has 0 atom stereocenters. The normalized spacial score (nSPS) is 8.43. The fourth-order valence-electron chi connectivity index (χ4n) is 1.15. The summed E-state index contributed by atoms with van der Waals surface area (Å²) in [6.45, 7) is 3.74. The van der Waals surface area contributed by atoms with Crippen LogP contribution in [0.4, 0.5) is 5.69 Å². The molecule has 0 saturated carbocycles. The largest absolute Gasteiger partial charge is 0.483 e. The van der Waals surface area contributed by atoms with Crippen LogP contribution in [0.3, 0.4) is 0 Å². The van der Waals surface area contributed by atoms with Gasteiger partial charge in [0.25, 0.3) is 6.47 Å². The van der Waals surface area contributed by atoms with Gasteiger partial charge in [-0.15, -0.1) is 4.91 Å². The predicted octanol–water partition coefficient (Wildman–Crippen LogP) is 2.66. The topological polar surface area (TPSA) is 66.7 Å². The van der Waals surface area contributed by atoms with Crippen molar-refractivity contribution in [1.82, 2.24) is 0 Å². The van der Waals surface area contributed by atoms with E-state index < -0.39 is 0 Å². The first-order chi connectivity index (χ1) is 6.71. The van der Waals surface area contributed by atoms with Crippen molar-refractivity contribution >= 4 is 12.2 Å². The standard InChI is InChI=1S/C9H11NO.CH2O2/c1-3-8-5-4-6-9(10-11)7(8)2;2-1-3/h4-6H,3H2,1-2H3;1H,(H,2,3). The van der Waals surface area contributed by atoms with Gasteiger partial charge in [0.05, 0.1) is 0 Å². The van der Waals surface area contributed by atoms with E-state index in [4.69, 9.17) is 9.90 Å². The van der Waals surface area contributed by atoms with E-state index in [-0.39, 0.29) is 6.47 Å². The zero-order chi connectivity index (χ0) is 11.0. The number of benzene rings is 1. The number of hydrogen-bond acceptors (Lipinski definition) is 3. The molecule has 0 spiro atoms. The Bertz CT molecular complexity index is 310. The van der Waals surface area contributed by atoms with Gasteiger partial charge in [-0.1, -0.05) is 19.1 Å².